The molecule has 0 aromatic heterocycles. The topological polar surface area (TPSA) is 181 Å². The Bertz CT molecular complexity index is 1450. The first kappa shape index (κ1) is 26.9. The van der Waals surface area contributed by atoms with Crippen LogP contribution in [0, 0.1) is 27.2 Å². The van der Waals surface area contributed by atoms with E-state index in [1.807, 2.05) is 0 Å². The maximum Gasteiger partial charge on any atom is 0.343 e. The van der Waals surface area contributed by atoms with Gasteiger partial charge < -0.3 is 19.3 Å². The van der Waals surface area contributed by atoms with Gasteiger partial charge in [0.2, 0.25) is 5.90 Å². The lowest BCUT2D eigenvalue weighted by atomic mass is 10.1. The second-order valence-electron chi connectivity index (χ2n) is 8.40. The third kappa shape index (κ3) is 6.22. The van der Waals surface area contributed by atoms with Crippen molar-refractivity contribution >= 4 is 29.2 Å². The molecule has 0 saturated carbocycles. The molecule has 0 spiro atoms. The molecule has 2 unspecified atom stereocenters. The number of aliphatic imine (C=N–C) groups is 1. The normalized spacial score (nSPS) is 15.0. The summed E-state index contributed by atoms with van der Waals surface area (Å²) in [6.45, 7) is 1.32. The number of benzene rings is 3. The van der Waals surface area contributed by atoms with Crippen LogP contribution < -0.4 is 4.74 Å². The van der Waals surface area contributed by atoms with Crippen LogP contribution in [0.15, 0.2) is 71.7 Å². The van der Waals surface area contributed by atoms with Crippen molar-refractivity contribution in [3.63, 3.8) is 0 Å². The number of hydrogen-bond donors (Lipinski definition) is 1. The zero-order valence-electron chi connectivity index (χ0n) is 20.4. The minimum absolute atomic E-state index is 0.0117. The molecule has 4 rings (SSSR count). The van der Waals surface area contributed by atoms with E-state index in [2.05, 4.69) is 4.99 Å². The molecule has 0 fully saturated rings. The molecule has 3 aromatic rings. The SMILES string of the molecule is Cc1c(OC(=O)c2ccc([N+](=O)[O-])cc2)cccc1C1=NC(C(O)COC(=O)c2ccc([N+](=O)[O-])cc2)CO1. The van der Waals surface area contributed by atoms with Crippen molar-refractivity contribution in [2.24, 2.45) is 4.99 Å². The number of nitrogens with zero attached hydrogens (tertiary/aromatic N) is 3. The third-order valence-corrected chi connectivity index (χ3v) is 5.85. The van der Waals surface area contributed by atoms with Crippen LogP contribution in [0.25, 0.3) is 0 Å². The minimum atomic E-state index is -1.19. The van der Waals surface area contributed by atoms with Crippen LogP contribution in [0.4, 0.5) is 11.4 Å². The molecule has 3 aromatic carbocycles. The molecule has 39 heavy (non-hydrogen) atoms. The number of rotatable bonds is 9. The van der Waals surface area contributed by atoms with Crippen molar-refractivity contribution in [2.75, 3.05) is 13.2 Å². The molecule has 2 atom stereocenters. The second-order valence-corrected chi connectivity index (χ2v) is 8.40. The molecule has 0 aliphatic carbocycles. The number of carbonyl (C=O) groups is 2. The van der Waals surface area contributed by atoms with Crippen LogP contribution >= 0.6 is 0 Å². The number of nitro groups is 2. The lowest BCUT2D eigenvalue weighted by Gasteiger charge is -2.14. The highest BCUT2D eigenvalue weighted by Gasteiger charge is 2.29. The molecule has 0 saturated heterocycles. The van der Waals surface area contributed by atoms with E-state index < -0.39 is 33.9 Å². The zero-order chi connectivity index (χ0) is 28.1. The minimum Gasteiger partial charge on any atom is -0.475 e. The summed E-state index contributed by atoms with van der Waals surface area (Å²) >= 11 is 0. The number of non-ortho nitro benzene ring substituents is 2. The molecule has 0 bridgehead atoms. The van der Waals surface area contributed by atoms with Gasteiger partial charge in [0.1, 0.15) is 31.1 Å². The molecule has 1 N–H and O–H groups in total. The molecule has 13 nitrogen and oxygen atoms in total. The van der Waals surface area contributed by atoms with Crippen molar-refractivity contribution in [3.8, 4) is 5.75 Å². The van der Waals surface area contributed by atoms with Gasteiger partial charge in [-0.25, -0.2) is 14.6 Å². The lowest BCUT2D eigenvalue weighted by molar-refractivity contribution is -0.385. The van der Waals surface area contributed by atoms with E-state index in [0.29, 0.717) is 11.1 Å². The van der Waals surface area contributed by atoms with Crippen molar-refractivity contribution in [3.05, 3.63) is 109 Å². The van der Waals surface area contributed by atoms with Crippen LogP contribution in [0.1, 0.15) is 31.8 Å². The number of hydrogen-bond acceptors (Lipinski definition) is 11. The first-order valence-electron chi connectivity index (χ1n) is 11.5. The maximum atomic E-state index is 12.5. The Balaban J connectivity index is 1.39. The fourth-order valence-corrected chi connectivity index (χ4v) is 3.64. The molecular weight excluding hydrogens is 514 g/mol. The molecule has 1 aliphatic heterocycles. The van der Waals surface area contributed by atoms with E-state index >= 15 is 0 Å². The summed E-state index contributed by atoms with van der Waals surface area (Å²) < 4.78 is 16.2. The Hall–Kier alpha value is -5.17. The fourth-order valence-electron chi connectivity index (χ4n) is 3.64. The maximum absolute atomic E-state index is 12.5. The highest BCUT2D eigenvalue weighted by molar-refractivity contribution is 5.98. The van der Waals surface area contributed by atoms with Crippen LogP contribution in [0.2, 0.25) is 0 Å². The van der Waals surface area contributed by atoms with Crippen molar-refractivity contribution < 1.29 is 38.8 Å². The van der Waals surface area contributed by atoms with Gasteiger partial charge in [-0.3, -0.25) is 20.2 Å². The Morgan fingerprint density at radius 2 is 1.54 bits per heavy atom. The predicted octanol–water partition coefficient (Wildman–Crippen LogP) is 3.39. The summed E-state index contributed by atoms with van der Waals surface area (Å²) in [4.78, 5) is 49.5. The monoisotopic (exact) mass is 535 g/mol. The summed E-state index contributed by atoms with van der Waals surface area (Å²) in [5.41, 5.74) is 0.950. The largest absolute Gasteiger partial charge is 0.475 e. The molecule has 1 heterocycles. The Morgan fingerprint density at radius 1 is 0.974 bits per heavy atom. The molecule has 13 heteroatoms. The van der Waals surface area contributed by atoms with Gasteiger partial charge in [0.05, 0.1) is 21.0 Å². The first-order valence-corrected chi connectivity index (χ1v) is 11.5. The lowest BCUT2D eigenvalue weighted by Crippen LogP contribution is -2.31. The number of ether oxygens (including phenoxy) is 3. The van der Waals surface area contributed by atoms with Gasteiger partial charge in [-0.15, -0.1) is 0 Å². The van der Waals surface area contributed by atoms with Gasteiger partial charge in [-0.2, -0.15) is 0 Å². The second kappa shape index (κ2) is 11.5. The number of aliphatic hydroxyl groups excluding tert-OH is 1. The standard InChI is InChI=1S/C26H21N3O10/c1-15-20(3-2-4-23(15)39-26(32)17-7-11-19(12-8-17)29(35)36)24-27-21(13-37-24)22(30)14-38-25(31)16-5-9-18(10-6-16)28(33)34/h2-12,21-22,30H,13-14H2,1H3. The van der Waals surface area contributed by atoms with Gasteiger partial charge in [0.25, 0.3) is 11.4 Å². The molecular formula is C26H21N3O10. The highest BCUT2D eigenvalue weighted by atomic mass is 16.6. The fraction of sp³-hybridized carbons (Fsp3) is 0.192. The van der Waals surface area contributed by atoms with Crippen LogP contribution in [0.5, 0.6) is 5.75 Å². The van der Waals surface area contributed by atoms with Gasteiger partial charge >= 0.3 is 11.9 Å². The molecule has 200 valence electrons. The third-order valence-electron chi connectivity index (χ3n) is 5.85. The predicted molar refractivity (Wildman–Crippen MR) is 135 cm³/mol. The molecule has 0 amide bonds. The van der Waals surface area contributed by atoms with Gasteiger partial charge in [0.15, 0.2) is 0 Å². The highest BCUT2D eigenvalue weighted by Crippen LogP contribution is 2.26. The summed E-state index contributed by atoms with van der Waals surface area (Å²) in [6, 6.07) is 14.0. The van der Waals surface area contributed by atoms with Crippen molar-refractivity contribution in [1.82, 2.24) is 0 Å². The summed E-state index contributed by atoms with van der Waals surface area (Å²) in [5, 5.41) is 32.0. The van der Waals surface area contributed by atoms with E-state index in [1.54, 1.807) is 25.1 Å². The van der Waals surface area contributed by atoms with Gasteiger partial charge in [-0.1, -0.05) is 6.07 Å². The number of aliphatic hydroxyl groups is 1. The van der Waals surface area contributed by atoms with Crippen LogP contribution in [0.3, 0.4) is 0 Å². The zero-order valence-corrected chi connectivity index (χ0v) is 20.4. The van der Waals surface area contributed by atoms with E-state index in [4.69, 9.17) is 14.2 Å². The van der Waals surface area contributed by atoms with Gasteiger partial charge in [-0.05, 0) is 43.3 Å². The molecule has 0 radical (unpaired) electrons. The number of esters is 2. The van der Waals surface area contributed by atoms with E-state index in [9.17, 15) is 34.9 Å². The first-order chi connectivity index (χ1) is 18.6. The number of nitro benzene ring substituents is 2. The van der Waals surface area contributed by atoms with Crippen molar-refractivity contribution in [2.45, 2.75) is 19.1 Å². The summed E-state index contributed by atoms with van der Waals surface area (Å²) in [5.74, 6) is -1.04. The quantitative estimate of drug-likeness (QED) is 0.185. The number of carbonyl (C=O) groups excluding carboxylic acids is 2. The smallest absolute Gasteiger partial charge is 0.343 e. The Kier molecular flexibility index (Phi) is 7.91. The van der Waals surface area contributed by atoms with E-state index in [-0.39, 0.29) is 47.4 Å². The molecule has 1 aliphatic rings. The average molecular weight is 535 g/mol. The average Bonchev–Trinajstić information content (AvgIpc) is 3.43. The summed E-state index contributed by atoms with van der Waals surface area (Å²) in [7, 11) is 0. The van der Waals surface area contributed by atoms with E-state index in [0.717, 1.165) is 0 Å². The van der Waals surface area contributed by atoms with Crippen molar-refractivity contribution in [1.29, 1.82) is 0 Å². The van der Waals surface area contributed by atoms with Crippen LogP contribution in [-0.4, -0.2) is 58.1 Å². The van der Waals surface area contributed by atoms with Crippen LogP contribution in [-0.2, 0) is 9.47 Å². The Morgan fingerprint density at radius 3 is 2.10 bits per heavy atom. The van der Waals surface area contributed by atoms with E-state index in [1.165, 1.54) is 48.5 Å². The van der Waals surface area contributed by atoms with Gasteiger partial charge in [0, 0.05) is 35.4 Å². The summed E-state index contributed by atoms with van der Waals surface area (Å²) in [6.07, 6.45) is -1.19. The Labute approximate surface area is 220 Å².